The van der Waals surface area contributed by atoms with Crippen LogP contribution < -0.4 is 5.32 Å². The third-order valence-corrected chi connectivity index (χ3v) is 5.47. The van der Waals surface area contributed by atoms with E-state index >= 15 is 0 Å². The van der Waals surface area contributed by atoms with E-state index in [-0.39, 0.29) is 5.91 Å². The highest BCUT2D eigenvalue weighted by Gasteiger charge is 2.17. The maximum absolute atomic E-state index is 12.4. The first-order valence-corrected chi connectivity index (χ1v) is 9.44. The highest BCUT2D eigenvalue weighted by atomic mass is 32.1. The number of thiazole rings is 1. The lowest BCUT2D eigenvalue weighted by Gasteiger charge is -2.30. The molecule has 1 aromatic carbocycles. The van der Waals surface area contributed by atoms with Crippen LogP contribution in [0, 0.1) is 19.8 Å². The number of likely N-dealkylation sites (tertiary alicyclic amines) is 1. The predicted octanol–water partition coefficient (Wildman–Crippen LogP) is 4.24. The number of benzene rings is 1. The number of rotatable bonds is 4. The number of aromatic nitrogens is 1. The quantitative estimate of drug-likeness (QED) is 0.903. The van der Waals surface area contributed by atoms with E-state index in [2.05, 4.69) is 27.5 Å². The maximum atomic E-state index is 12.4. The molecule has 4 nitrogen and oxygen atoms in total. The molecule has 0 radical (unpaired) electrons. The fourth-order valence-electron chi connectivity index (χ4n) is 3.15. The van der Waals surface area contributed by atoms with Crippen LogP contribution in [-0.2, 0) is 6.54 Å². The zero-order valence-corrected chi connectivity index (χ0v) is 15.4. The van der Waals surface area contributed by atoms with Crippen molar-refractivity contribution < 1.29 is 4.79 Å². The van der Waals surface area contributed by atoms with E-state index in [1.165, 1.54) is 29.7 Å². The van der Waals surface area contributed by atoms with Crippen LogP contribution in [0.4, 0.5) is 5.13 Å². The van der Waals surface area contributed by atoms with Gasteiger partial charge in [-0.05, 0) is 62.4 Å². The lowest BCUT2D eigenvalue weighted by Crippen LogP contribution is -2.33. The van der Waals surface area contributed by atoms with Gasteiger partial charge in [0.2, 0.25) is 0 Å². The number of hydrogen-bond donors (Lipinski definition) is 1. The van der Waals surface area contributed by atoms with Crippen LogP contribution >= 0.6 is 11.3 Å². The van der Waals surface area contributed by atoms with Gasteiger partial charge < -0.3 is 0 Å². The highest BCUT2D eigenvalue weighted by Crippen LogP contribution is 2.21. The molecule has 5 heteroatoms. The third kappa shape index (κ3) is 4.22. The average molecular weight is 343 g/mol. The van der Waals surface area contributed by atoms with Gasteiger partial charge in [-0.1, -0.05) is 13.0 Å². The maximum Gasteiger partial charge on any atom is 0.257 e. The van der Waals surface area contributed by atoms with Gasteiger partial charge in [-0.25, -0.2) is 4.98 Å². The summed E-state index contributed by atoms with van der Waals surface area (Å²) >= 11 is 1.50. The summed E-state index contributed by atoms with van der Waals surface area (Å²) in [6.07, 6.45) is 2.59. The van der Waals surface area contributed by atoms with Gasteiger partial charge in [-0.2, -0.15) is 0 Å². The summed E-state index contributed by atoms with van der Waals surface area (Å²) in [6, 6.07) is 5.77. The van der Waals surface area contributed by atoms with Gasteiger partial charge in [0, 0.05) is 24.0 Å². The Morgan fingerprint density at radius 3 is 2.96 bits per heavy atom. The molecule has 1 saturated heterocycles. The molecule has 3 rings (SSSR count). The molecule has 1 aliphatic rings. The molecule has 2 aromatic rings. The Balaban J connectivity index is 1.61. The second-order valence-electron chi connectivity index (χ2n) is 6.88. The average Bonchev–Trinajstić information content (AvgIpc) is 2.97. The van der Waals surface area contributed by atoms with Crippen LogP contribution in [0.3, 0.4) is 0 Å². The zero-order chi connectivity index (χ0) is 17.1. The summed E-state index contributed by atoms with van der Waals surface area (Å²) in [5, 5.41) is 5.65. The van der Waals surface area contributed by atoms with E-state index in [1.807, 2.05) is 32.0 Å². The lowest BCUT2D eigenvalue weighted by molar-refractivity contribution is 0.102. The van der Waals surface area contributed by atoms with Crippen molar-refractivity contribution in [2.45, 2.75) is 40.2 Å². The van der Waals surface area contributed by atoms with Crippen LogP contribution in [0.25, 0.3) is 0 Å². The number of carbonyl (C=O) groups excluding carboxylic acids is 1. The second-order valence-corrected chi connectivity index (χ2v) is 7.74. The summed E-state index contributed by atoms with van der Waals surface area (Å²) in [4.78, 5) is 19.4. The SMILES string of the molecule is Cc1ccc(C(=O)Nc2nc(CN3CCC[C@@H](C)C3)cs2)cc1C. The number of carbonyl (C=O) groups is 1. The molecule has 1 aromatic heterocycles. The summed E-state index contributed by atoms with van der Waals surface area (Å²) in [5.41, 5.74) is 4.05. The molecule has 0 bridgehead atoms. The minimum absolute atomic E-state index is 0.0920. The zero-order valence-electron chi connectivity index (χ0n) is 14.6. The van der Waals surface area contributed by atoms with Crippen LogP contribution in [-0.4, -0.2) is 28.9 Å². The van der Waals surface area contributed by atoms with Crippen LogP contribution in [0.2, 0.25) is 0 Å². The van der Waals surface area contributed by atoms with Gasteiger partial charge in [0.05, 0.1) is 5.69 Å². The smallest absolute Gasteiger partial charge is 0.257 e. The third-order valence-electron chi connectivity index (χ3n) is 4.67. The van der Waals surface area contributed by atoms with Gasteiger partial charge in [-0.15, -0.1) is 11.3 Å². The second kappa shape index (κ2) is 7.45. The number of hydrogen-bond acceptors (Lipinski definition) is 4. The van der Waals surface area contributed by atoms with Crippen molar-refractivity contribution in [3.8, 4) is 0 Å². The standard InChI is InChI=1S/C19H25N3OS/c1-13-5-4-8-22(10-13)11-17-12-24-19(20-17)21-18(23)16-7-6-14(2)15(3)9-16/h6-7,9,12-13H,4-5,8,10-11H2,1-3H3,(H,20,21,23)/t13-/m1/s1. The number of anilines is 1. The monoisotopic (exact) mass is 343 g/mol. The van der Waals surface area contributed by atoms with E-state index in [9.17, 15) is 4.79 Å². The van der Waals surface area contributed by atoms with Crippen molar-refractivity contribution in [1.82, 2.24) is 9.88 Å². The topological polar surface area (TPSA) is 45.2 Å². The van der Waals surface area contributed by atoms with E-state index in [0.717, 1.165) is 36.8 Å². The van der Waals surface area contributed by atoms with Gasteiger partial charge in [0.25, 0.3) is 5.91 Å². The normalized spacial score (nSPS) is 18.5. The summed E-state index contributed by atoms with van der Waals surface area (Å²) in [7, 11) is 0. The molecule has 2 heterocycles. The van der Waals surface area contributed by atoms with Crippen molar-refractivity contribution in [1.29, 1.82) is 0 Å². The Kier molecular flexibility index (Phi) is 5.31. The Morgan fingerprint density at radius 2 is 2.21 bits per heavy atom. The molecule has 1 N–H and O–H groups in total. The Bertz CT molecular complexity index is 725. The number of nitrogens with zero attached hydrogens (tertiary/aromatic N) is 2. The fourth-order valence-corrected chi connectivity index (χ4v) is 3.84. The van der Waals surface area contributed by atoms with Gasteiger partial charge in [0.15, 0.2) is 5.13 Å². The predicted molar refractivity (Wildman–Crippen MR) is 99.7 cm³/mol. The molecule has 0 unspecified atom stereocenters. The Hall–Kier alpha value is -1.72. The van der Waals surface area contributed by atoms with Gasteiger partial charge in [0.1, 0.15) is 0 Å². The number of piperidine rings is 1. The minimum Gasteiger partial charge on any atom is -0.298 e. The fraction of sp³-hybridized carbons (Fsp3) is 0.474. The summed E-state index contributed by atoms with van der Waals surface area (Å²) in [6.45, 7) is 9.54. The summed E-state index contributed by atoms with van der Waals surface area (Å²) in [5.74, 6) is 0.673. The number of aryl methyl sites for hydroxylation is 2. The van der Waals surface area contributed by atoms with Gasteiger partial charge >= 0.3 is 0 Å². The highest BCUT2D eigenvalue weighted by molar-refractivity contribution is 7.13. The molecule has 1 fully saturated rings. The first-order valence-electron chi connectivity index (χ1n) is 8.56. The van der Waals surface area contributed by atoms with Crippen molar-refractivity contribution in [3.05, 3.63) is 46.0 Å². The minimum atomic E-state index is -0.0920. The number of nitrogens with one attached hydrogen (secondary N) is 1. The van der Waals surface area contributed by atoms with Gasteiger partial charge in [-0.3, -0.25) is 15.0 Å². The summed E-state index contributed by atoms with van der Waals surface area (Å²) < 4.78 is 0. The molecule has 1 atom stereocenters. The van der Waals surface area contributed by atoms with E-state index in [4.69, 9.17) is 0 Å². The van der Waals surface area contributed by atoms with Crippen LogP contribution in [0.5, 0.6) is 0 Å². The van der Waals surface area contributed by atoms with E-state index in [0.29, 0.717) is 10.7 Å². The lowest BCUT2D eigenvalue weighted by atomic mass is 10.0. The number of amides is 1. The molecule has 0 spiro atoms. The molecule has 24 heavy (non-hydrogen) atoms. The van der Waals surface area contributed by atoms with Crippen molar-refractivity contribution in [2.75, 3.05) is 18.4 Å². The van der Waals surface area contributed by atoms with Crippen LogP contribution in [0.1, 0.15) is 46.9 Å². The largest absolute Gasteiger partial charge is 0.298 e. The van der Waals surface area contributed by atoms with Crippen molar-refractivity contribution in [3.63, 3.8) is 0 Å². The van der Waals surface area contributed by atoms with Crippen LogP contribution in [0.15, 0.2) is 23.6 Å². The molecule has 128 valence electrons. The van der Waals surface area contributed by atoms with Crippen molar-refractivity contribution in [2.24, 2.45) is 5.92 Å². The molecular formula is C19H25N3OS. The molecule has 0 saturated carbocycles. The molecule has 1 amide bonds. The van der Waals surface area contributed by atoms with E-state index < -0.39 is 0 Å². The Morgan fingerprint density at radius 1 is 1.38 bits per heavy atom. The first-order chi connectivity index (χ1) is 11.5. The van der Waals surface area contributed by atoms with E-state index in [1.54, 1.807) is 0 Å². The Labute approximate surface area is 147 Å². The molecule has 1 aliphatic heterocycles. The van der Waals surface area contributed by atoms with Crippen molar-refractivity contribution >= 4 is 22.4 Å². The first kappa shape index (κ1) is 17.1. The molecule has 0 aliphatic carbocycles. The molecular weight excluding hydrogens is 318 g/mol.